The maximum atomic E-state index is 6.28. The zero-order chi connectivity index (χ0) is 17.7. The molecule has 5 aromatic rings. The lowest BCUT2D eigenvalue weighted by Gasteiger charge is -2.14. The second-order valence-corrected chi connectivity index (χ2v) is 7.35. The van der Waals surface area contributed by atoms with Gasteiger partial charge in [-0.25, -0.2) is 0 Å². The molecule has 0 saturated heterocycles. The summed E-state index contributed by atoms with van der Waals surface area (Å²) >= 11 is 12.6. The van der Waals surface area contributed by atoms with Crippen LogP contribution in [0.1, 0.15) is 0 Å². The summed E-state index contributed by atoms with van der Waals surface area (Å²) in [6.07, 6.45) is 0. The first-order valence-corrected chi connectivity index (χ1v) is 9.26. The van der Waals surface area contributed by atoms with Gasteiger partial charge in [0.25, 0.3) is 0 Å². The van der Waals surface area contributed by atoms with Crippen molar-refractivity contribution in [1.29, 1.82) is 0 Å². The summed E-state index contributed by atoms with van der Waals surface area (Å²) in [5, 5.41) is 8.81. The number of fused-ring (bicyclic) bond motifs is 6. The van der Waals surface area contributed by atoms with E-state index in [1.807, 2.05) is 12.1 Å². The van der Waals surface area contributed by atoms with Crippen LogP contribution in [0, 0.1) is 0 Å². The Kier molecular flexibility index (Phi) is 3.63. The van der Waals surface area contributed by atoms with Crippen LogP contribution < -0.4 is 0 Å². The number of hydrogen-bond donors (Lipinski definition) is 0. The molecule has 0 fully saturated rings. The number of rotatable bonds is 1. The lowest BCUT2D eigenvalue weighted by Crippen LogP contribution is -1.87. The van der Waals surface area contributed by atoms with Gasteiger partial charge in [-0.15, -0.1) is 0 Å². The van der Waals surface area contributed by atoms with Crippen LogP contribution in [0.15, 0.2) is 84.9 Å². The van der Waals surface area contributed by atoms with Crippen LogP contribution in [0.25, 0.3) is 43.4 Å². The number of hydrogen-bond acceptors (Lipinski definition) is 0. The molecule has 0 spiro atoms. The number of halogens is 2. The van der Waals surface area contributed by atoms with Crippen molar-refractivity contribution in [2.24, 2.45) is 0 Å². The van der Waals surface area contributed by atoms with Gasteiger partial charge in [0.15, 0.2) is 0 Å². The topological polar surface area (TPSA) is 0 Å². The van der Waals surface area contributed by atoms with E-state index in [1.54, 1.807) is 6.07 Å². The Balaban J connectivity index is 2.04. The van der Waals surface area contributed by atoms with Gasteiger partial charge in [-0.05, 0) is 61.6 Å². The van der Waals surface area contributed by atoms with Crippen LogP contribution in [0.4, 0.5) is 0 Å². The fraction of sp³-hybridized carbons (Fsp3) is 0. The zero-order valence-electron chi connectivity index (χ0n) is 13.8. The second kappa shape index (κ2) is 6.02. The summed E-state index contributed by atoms with van der Waals surface area (Å²) in [4.78, 5) is 0. The fourth-order valence-electron chi connectivity index (χ4n) is 3.91. The molecule has 0 aliphatic heterocycles. The molecule has 26 heavy (non-hydrogen) atoms. The van der Waals surface area contributed by atoms with Gasteiger partial charge in [-0.2, -0.15) is 0 Å². The van der Waals surface area contributed by atoms with Crippen LogP contribution in [-0.4, -0.2) is 0 Å². The molecule has 124 valence electrons. The van der Waals surface area contributed by atoms with E-state index in [9.17, 15) is 0 Å². The maximum absolute atomic E-state index is 6.28. The quantitative estimate of drug-likeness (QED) is 0.260. The molecule has 0 saturated carbocycles. The first kappa shape index (κ1) is 15.7. The van der Waals surface area contributed by atoms with E-state index in [0.29, 0.717) is 10.0 Å². The Morgan fingerprint density at radius 2 is 0.923 bits per heavy atom. The fourth-order valence-corrected chi connectivity index (χ4v) is 4.43. The van der Waals surface area contributed by atoms with Gasteiger partial charge < -0.3 is 0 Å². The highest BCUT2D eigenvalue weighted by molar-refractivity contribution is 6.35. The molecular formula is C24H14Cl2. The molecule has 0 bridgehead atoms. The summed E-state index contributed by atoms with van der Waals surface area (Å²) in [7, 11) is 0. The first-order chi connectivity index (χ1) is 12.7. The molecule has 0 N–H and O–H groups in total. The Morgan fingerprint density at radius 3 is 1.50 bits per heavy atom. The maximum Gasteiger partial charge on any atom is 0.0426 e. The SMILES string of the molecule is Clc1cc(Cl)cc(-c2cccc3c4ccccc4c4ccccc4c23)c1. The Morgan fingerprint density at radius 1 is 0.462 bits per heavy atom. The van der Waals surface area contributed by atoms with Gasteiger partial charge in [0, 0.05) is 10.0 Å². The highest BCUT2D eigenvalue weighted by Gasteiger charge is 2.13. The van der Waals surface area contributed by atoms with E-state index in [2.05, 4.69) is 66.7 Å². The van der Waals surface area contributed by atoms with Crippen LogP contribution in [0.2, 0.25) is 10.0 Å². The molecule has 0 nitrogen and oxygen atoms in total. The number of benzene rings is 5. The van der Waals surface area contributed by atoms with E-state index < -0.39 is 0 Å². The van der Waals surface area contributed by atoms with Gasteiger partial charge in [0.1, 0.15) is 0 Å². The minimum absolute atomic E-state index is 0.648. The molecule has 0 heterocycles. The first-order valence-electron chi connectivity index (χ1n) is 8.51. The van der Waals surface area contributed by atoms with Gasteiger partial charge in [-0.1, -0.05) is 89.9 Å². The molecule has 0 unspecified atom stereocenters. The predicted molar refractivity (Wildman–Crippen MR) is 114 cm³/mol. The smallest absolute Gasteiger partial charge is 0.0426 e. The third-order valence-corrected chi connectivity index (χ3v) is 5.38. The van der Waals surface area contributed by atoms with Crippen molar-refractivity contribution in [2.75, 3.05) is 0 Å². The highest BCUT2D eigenvalue weighted by atomic mass is 35.5. The van der Waals surface area contributed by atoms with Crippen molar-refractivity contribution in [3.8, 4) is 11.1 Å². The summed E-state index contributed by atoms with van der Waals surface area (Å²) < 4.78 is 0. The lowest BCUT2D eigenvalue weighted by atomic mass is 9.89. The second-order valence-electron chi connectivity index (χ2n) is 6.48. The lowest BCUT2D eigenvalue weighted by molar-refractivity contribution is 1.66. The normalized spacial score (nSPS) is 11.5. The summed E-state index contributed by atoms with van der Waals surface area (Å²) in [6.45, 7) is 0. The molecular weight excluding hydrogens is 359 g/mol. The average molecular weight is 373 g/mol. The third-order valence-electron chi connectivity index (χ3n) is 4.94. The average Bonchev–Trinajstić information content (AvgIpc) is 2.67. The minimum atomic E-state index is 0.648. The van der Waals surface area contributed by atoms with Crippen molar-refractivity contribution < 1.29 is 0 Å². The monoisotopic (exact) mass is 372 g/mol. The molecule has 5 aromatic carbocycles. The molecule has 5 rings (SSSR count). The van der Waals surface area contributed by atoms with Crippen LogP contribution in [0.3, 0.4) is 0 Å². The zero-order valence-corrected chi connectivity index (χ0v) is 15.4. The highest BCUT2D eigenvalue weighted by Crippen LogP contribution is 2.40. The van der Waals surface area contributed by atoms with Crippen molar-refractivity contribution in [1.82, 2.24) is 0 Å². The van der Waals surface area contributed by atoms with Gasteiger partial charge in [-0.3, -0.25) is 0 Å². The van der Waals surface area contributed by atoms with Crippen LogP contribution in [0.5, 0.6) is 0 Å². The Bertz CT molecular complexity index is 1240. The van der Waals surface area contributed by atoms with Crippen LogP contribution in [-0.2, 0) is 0 Å². The van der Waals surface area contributed by atoms with Gasteiger partial charge in [0.2, 0.25) is 0 Å². The summed E-state index contributed by atoms with van der Waals surface area (Å²) in [5.41, 5.74) is 2.18. The Hall–Kier alpha value is -2.54. The van der Waals surface area contributed by atoms with E-state index in [0.717, 1.165) is 11.1 Å². The molecule has 0 aliphatic carbocycles. The van der Waals surface area contributed by atoms with E-state index in [-0.39, 0.29) is 0 Å². The van der Waals surface area contributed by atoms with Crippen molar-refractivity contribution in [2.45, 2.75) is 0 Å². The standard InChI is InChI=1S/C24H14Cl2/c25-16-12-15(13-17(26)14-16)18-10-5-11-23-21-7-2-1-6-19(21)20-8-3-4-9-22(20)24(18)23/h1-14H. The van der Waals surface area contributed by atoms with E-state index in [1.165, 1.54) is 32.3 Å². The molecule has 0 atom stereocenters. The van der Waals surface area contributed by atoms with Crippen molar-refractivity contribution >= 4 is 55.5 Å². The summed E-state index contributed by atoms with van der Waals surface area (Å²) in [6, 6.07) is 29.3. The van der Waals surface area contributed by atoms with Crippen molar-refractivity contribution in [3.05, 3.63) is 95.0 Å². The van der Waals surface area contributed by atoms with E-state index >= 15 is 0 Å². The van der Waals surface area contributed by atoms with Gasteiger partial charge in [0.05, 0.1) is 0 Å². The molecule has 0 aliphatic rings. The van der Waals surface area contributed by atoms with Crippen molar-refractivity contribution in [3.63, 3.8) is 0 Å². The molecule has 0 aromatic heterocycles. The predicted octanol–water partition coefficient (Wildman–Crippen LogP) is 8.12. The third kappa shape index (κ3) is 2.38. The molecule has 2 heteroatoms. The molecule has 0 radical (unpaired) electrons. The Labute approximate surface area is 161 Å². The van der Waals surface area contributed by atoms with E-state index in [4.69, 9.17) is 23.2 Å². The minimum Gasteiger partial charge on any atom is -0.0843 e. The van der Waals surface area contributed by atoms with Crippen LogP contribution >= 0.6 is 23.2 Å². The summed E-state index contributed by atoms with van der Waals surface area (Å²) in [5.74, 6) is 0. The molecule has 0 amide bonds. The van der Waals surface area contributed by atoms with Gasteiger partial charge >= 0.3 is 0 Å². The largest absolute Gasteiger partial charge is 0.0843 e.